The van der Waals surface area contributed by atoms with Crippen LogP contribution in [-0.2, 0) is 14.6 Å². The van der Waals surface area contributed by atoms with E-state index in [1.54, 1.807) is 18.2 Å². The number of hydrogen-bond acceptors (Lipinski definition) is 6. The summed E-state index contributed by atoms with van der Waals surface area (Å²) >= 11 is 0. The van der Waals surface area contributed by atoms with E-state index in [0.29, 0.717) is 23.4 Å². The van der Waals surface area contributed by atoms with Crippen LogP contribution in [0.3, 0.4) is 0 Å². The van der Waals surface area contributed by atoms with Gasteiger partial charge in [0.05, 0.1) is 19.9 Å². The second kappa shape index (κ2) is 7.04. The zero-order valence-electron chi connectivity index (χ0n) is 14.0. The smallest absolute Gasteiger partial charge is 0.240 e. The SMILES string of the molecule is COc1cc(C=CC2=NNC(=O)CC2C)cc(S(C)(=O)=O)c1OC. The van der Waals surface area contributed by atoms with Crippen molar-refractivity contribution >= 4 is 27.5 Å². The molecule has 7 nitrogen and oxygen atoms in total. The minimum atomic E-state index is -3.49. The molecule has 0 aromatic heterocycles. The Labute approximate surface area is 141 Å². The lowest BCUT2D eigenvalue weighted by Crippen LogP contribution is -2.30. The molecule has 1 unspecified atom stereocenters. The number of nitrogens with one attached hydrogen (secondary N) is 1. The maximum Gasteiger partial charge on any atom is 0.240 e. The number of carbonyl (C=O) groups excluding carboxylic acids is 1. The van der Waals surface area contributed by atoms with E-state index >= 15 is 0 Å². The molecular weight excluding hydrogens is 332 g/mol. The molecule has 130 valence electrons. The minimum absolute atomic E-state index is 0.00970. The number of hydrazone groups is 1. The minimum Gasteiger partial charge on any atom is -0.493 e. The molecule has 0 saturated carbocycles. The van der Waals surface area contributed by atoms with Gasteiger partial charge in [0.1, 0.15) is 4.90 Å². The van der Waals surface area contributed by atoms with Crippen LogP contribution in [0.5, 0.6) is 11.5 Å². The van der Waals surface area contributed by atoms with Gasteiger partial charge in [-0.25, -0.2) is 13.8 Å². The molecule has 24 heavy (non-hydrogen) atoms. The first-order valence-electron chi connectivity index (χ1n) is 7.26. The quantitative estimate of drug-likeness (QED) is 0.869. The molecular formula is C16H20N2O5S. The van der Waals surface area contributed by atoms with Crippen LogP contribution in [-0.4, -0.2) is 40.5 Å². The summed E-state index contributed by atoms with van der Waals surface area (Å²) < 4.78 is 34.4. The van der Waals surface area contributed by atoms with Gasteiger partial charge in [-0.1, -0.05) is 13.0 Å². The number of sulfone groups is 1. The summed E-state index contributed by atoms with van der Waals surface area (Å²) in [7, 11) is -0.651. The summed E-state index contributed by atoms with van der Waals surface area (Å²) in [5.74, 6) is 0.370. The monoisotopic (exact) mass is 352 g/mol. The van der Waals surface area contributed by atoms with E-state index in [0.717, 1.165) is 6.26 Å². The third kappa shape index (κ3) is 3.94. The normalized spacial score (nSPS) is 18.2. The van der Waals surface area contributed by atoms with Gasteiger partial charge in [-0.2, -0.15) is 5.10 Å². The van der Waals surface area contributed by atoms with Gasteiger partial charge < -0.3 is 9.47 Å². The van der Waals surface area contributed by atoms with Crippen LogP contribution in [0.4, 0.5) is 0 Å². The lowest BCUT2D eigenvalue weighted by molar-refractivity contribution is -0.121. The lowest BCUT2D eigenvalue weighted by Gasteiger charge is -2.16. The summed E-state index contributed by atoms with van der Waals surface area (Å²) in [5.41, 5.74) is 3.77. The van der Waals surface area contributed by atoms with Crippen LogP contribution < -0.4 is 14.9 Å². The average Bonchev–Trinajstić information content (AvgIpc) is 2.52. The molecule has 1 aliphatic heterocycles. The van der Waals surface area contributed by atoms with Crippen LogP contribution in [0.25, 0.3) is 6.08 Å². The maximum atomic E-state index is 12.0. The number of allylic oxidation sites excluding steroid dienone is 1. The second-order valence-corrected chi connectivity index (χ2v) is 7.52. The Balaban J connectivity index is 2.44. The van der Waals surface area contributed by atoms with Crippen molar-refractivity contribution in [2.24, 2.45) is 11.0 Å². The van der Waals surface area contributed by atoms with Crippen molar-refractivity contribution in [3.63, 3.8) is 0 Å². The van der Waals surface area contributed by atoms with Gasteiger partial charge in [0.15, 0.2) is 21.3 Å². The van der Waals surface area contributed by atoms with Gasteiger partial charge in [0, 0.05) is 18.6 Å². The van der Waals surface area contributed by atoms with Gasteiger partial charge in [-0.15, -0.1) is 0 Å². The first-order chi connectivity index (χ1) is 11.3. The van der Waals surface area contributed by atoms with Crippen molar-refractivity contribution < 1.29 is 22.7 Å². The van der Waals surface area contributed by atoms with Gasteiger partial charge >= 0.3 is 0 Å². The Morgan fingerprint density at radius 1 is 1.25 bits per heavy atom. The number of benzene rings is 1. The topological polar surface area (TPSA) is 94.1 Å². The van der Waals surface area contributed by atoms with Gasteiger partial charge in [-0.05, 0) is 23.8 Å². The first kappa shape index (κ1) is 18.0. The fraction of sp³-hybridized carbons (Fsp3) is 0.375. The van der Waals surface area contributed by atoms with Crippen molar-refractivity contribution in [1.82, 2.24) is 5.43 Å². The summed E-state index contributed by atoms with van der Waals surface area (Å²) in [4.78, 5) is 11.3. The molecule has 1 heterocycles. The third-order valence-electron chi connectivity index (χ3n) is 3.62. The molecule has 8 heteroatoms. The summed E-state index contributed by atoms with van der Waals surface area (Å²) in [6.07, 6.45) is 4.95. The number of rotatable bonds is 5. The molecule has 0 saturated heterocycles. The molecule has 1 aliphatic rings. The highest BCUT2D eigenvalue weighted by molar-refractivity contribution is 7.90. The molecule has 0 radical (unpaired) electrons. The fourth-order valence-corrected chi connectivity index (χ4v) is 3.24. The van der Waals surface area contributed by atoms with Crippen LogP contribution in [0.15, 0.2) is 28.2 Å². The summed E-state index contributed by atoms with van der Waals surface area (Å²) in [6, 6.07) is 3.19. The zero-order valence-corrected chi connectivity index (χ0v) is 14.8. The number of carbonyl (C=O) groups is 1. The molecule has 2 rings (SSSR count). The first-order valence-corrected chi connectivity index (χ1v) is 9.16. The highest BCUT2D eigenvalue weighted by Crippen LogP contribution is 2.36. The Hall–Kier alpha value is -2.35. The summed E-state index contributed by atoms with van der Waals surface area (Å²) in [6.45, 7) is 1.90. The number of methoxy groups -OCH3 is 2. The van der Waals surface area contributed by atoms with Crippen molar-refractivity contribution in [3.8, 4) is 11.5 Å². The predicted molar refractivity (Wildman–Crippen MR) is 91.0 cm³/mol. The highest BCUT2D eigenvalue weighted by Gasteiger charge is 2.21. The maximum absolute atomic E-state index is 12.0. The van der Waals surface area contributed by atoms with Crippen LogP contribution in [0.2, 0.25) is 0 Å². The van der Waals surface area contributed by atoms with Gasteiger partial charge in [-0.3, -0.25) is 4.79 Å². The fourth-order valence-electron chi connectivity index (χ4n) is 2.37. The Morgan fingerprint density at radius 3 is 2.50 bits per heavy atom. The Bertz CT molecular complexity index is 812. The van der Waals surface area contributed by atoms with Crippen LogP contribution >= 0.6 is 0 Å². The highest BCUT2D eigenvalue weighted by atomic mass is 32.2. The lowest BCUT2D eigenvalue weighted by atomic mass is 9.99. The van der Waals surface area contributed by atoms with E-state index in [4.69, 9.17) is 9.47 Å². The molecule has 0 aliphatic carbocycles. The predicted octanol–water partition coefficient (Wildman–Crippen LogP) is 1.63. The van der Waals surface area contributed by atoms with Crippen molar-refractivity contribution in [3.05, 3.63) is 23.8 Å². The van der Waals surface area contributed by atoms with Gasteiger partial charge in [0.2, 0.25) is 5.91 Å². The van der Waals surface area contributed by atoms with Crippen molar-refractivity contribution in [1.29, 1.82) is 0 Å². The number of amides is 1. The molecule has 1 aromatic carbocycles. The van der Waals surface area contributed by atoms with E-state index in [1.165, 1.54) is 20.3 Å². The van der Waals surface area contributed by atoms with E-state index in [-0.39, 0.29) is 22.5 Å². The van der Waals surface area contributed by atoms with Crippen molar-refractivity contribution in [2.75, 3.05) is 20.5 Å². The molecule has 0 bridgehead atoms. The van der Waals surface area contributed by atoms with E-state index in [9.17, 15) is 13.2 Å². The second-order valence-electron chi connectivity index (χ2n) is 5.54. The molecule has 1 amide bonds. The van der Waals surface area contributed by atoms with Crippen LogP contribution in [0, 0.1) is 5.92 Å². The van der Waals surface area contributed by atoms with E-state index in [1.807, 2.05) is 6.92 Å². The number of ether oxygens (including phenoxy) is 2. The molecule has 1 atom stereocenters. The molecule has 0 spiro atoms. The Morgan fingerprint density at radius 2 is 1.96 bits per heavy atom. The zero-order chi connectivity index (χ0) is 17.9. The summed E-state index contributed by atoms with van der Waals surface area (Å²) in [5, 5.41) is 4.01. The standard InChI is InChI=1S/C16H20N2O5S/c1-10-7-15(19)18-17-12(10)6-5-11-8-13(22-2)16(23-3)14(9-11)24(4,20)21/h5-6,8-10H,7H2,1-4H3,(H,18,19). The molecule has 1 aromatic rings. The average molecular weight is 352 g/mol. The molecule has 0 fully saturated rings. The Kier molecular flexibility index (Phi) is 5.28. The third-order valence-corrected chi connectivity index (χ3v) is 4.72. The number of hydrogen-bond donors (Lipinski definition) is 1. The van der Waals surface area contributed by atoms with Crippen LogP contribution in [0.1, 0.15) is 18.9 Å². The molecule has 1 N–H and O–H groups in total. The van der Waals surface area contributed by atoms with E-state index in [2.05, 4.69) is 10.5 Å². The largest absolute Gasteiger partial charge is 0.493 e. The van der Waals surface area contributed by atoms with Crippen molar-refractivity contribution in [2.45, 2.75) is 18.2 Å². The van der Waals surface area contributed by atoms with E-state index < -0.39 is 9.84 Å². The number of nitrogens with zero attached hydrogens (tertiary/aromatic N) is 1. The van der Waals surface area contributed by atoms with Gasteiger partial charge in [0.25, 0.3) is 0 Å².